The molecule has 0 bridgehead atoms. The van der Waals surface area contributed by atoms with Crippen molar-refractivity contribution in [1.29, 1.82) is 0 Å². The number of nitrogens with one attached hydrogen (secondary N) is 2. The molecular formula is C38H49N8O10P. The van der Waals surface area contributed by atoms with Crippen LogP contribution in [-0.2, 0) is 50.5 Å². The molecule has 2 aromatic heterocycles. The molecule has 1 aliphatic carbocycles. The summed E-state index contributed by atoms with van der Waals surface area (Å²) >= 11 is 0. The van der Waals surface area contributed by atoms with E-state index in [9.17, 15) is 19.8 Å². The summed E-state index contributed by atoms with van der Waals surface area (Å²) in [5.74, 6) is -0.842. The number of nitrogen functional groups attached to an aromatic ring is 1. The second-order valence-electron chi connectivity index (χ2n) is 14.4. The first-order valence-electron chi connectivity index (χ1n) is 19.0. The van der Waals surface area contributed by atoms with E-state index in [0.717, 1.165) is 11.1 Å². The third kappa shape index (κ3) is 8.13. The number of aromatic nitrogens is 4. The highest BCUT2D eigenvalue weighted by molar-refractivity contribution is 7.54. The Balaban J connectivity index is 1.14. The van der Waals surface area contributed by atoms with Crippen molar-refractivity contribution in [1.82, 2.24) is 29.7 Å². The van der Waals surface area contributed by atoms with Crippen LogP contribution in [0.2, 0.25) is 0 Å². The van der Waals surface area contributed by atoms with Gasteiger partial charge < -0.3 is 48.9 Å². The van der Waals surface area contributed by atoms with Gasteiger partial charge in [0.15, 0.2) is 17.0 Å². The van der Waals surface area contributed by atoms with Gasteiger partial charge in [0, 0.05) is 13.1 Å². The average Bonchev–Trinajstić information content (AvgIpc) is 3.39. The number of hydrogen-bond donors (Lipinski definition) is 5. The Morgan fingerprint density at radius 2 is 1.53 bits per heavy atom. The van der Waals surface area contributed by atoms with Crippen LogP contribution in [0.15, 0.2) is 67.0 Å². The number of ether oxygens (including phenoxy) is 4. The molecule has 2 saturated heterocycles. The van der Waals surface area contributed by atoms with Gasteiger partial charge in [0.1, 0.15) is 41.5 Å². The van der Waals surface area contributed by atoms with Gasteiger partial charge in [-0.05, 0) is 44.7 Å². The molecule has 57 heavy (non-hydrogen) atoms. The third-order valence-electron chi connectivity index (χ3n) is 10.6. The number of morpholine rings is 1. The topological polar surface area (TPSA) is 235 Å². The molecule has 6 N–H and O–H groups in total. The number of aliphatic hydroxyl groups excluding tert-OH is 1. The second kappa shape index (κ2) is 16.8. The Morgan fingerprint density at radius 3 is 2.04 bits per heavy atom. The molecule has 0 spiro atoms. The summed E-state index contributed by atoms with van der Waals surface area (Å²) in [5, 5.41) is 29.4. The third-order valence-corrected chi connectivity index (χ3v) is 12.5. The van der Waals surface area contributed by atoms with E-state index in [4.69, 9.17) is 29.2 Å². The molecule has 2 aliphatic heterocycles. The monoisotopic (exact) mass is 808 g/mol. The molecular weight excluding hydrogens is 759 g/mol. The molecule has 4 aromatic rings. The zero-order valence-corrected chi connectivity index (χ0v) is 32.9. The van der Waals surface area contributed by atoms with Crippen LogP contribution >= 0.6 is 7.67 Å². The average molecular weight is 809 g/mol. The molecule has 19 heteroatoms. The molecule has 3 aliphatic rings. The Morgan fingerprint density at radius 1 is 0.965 bits per heavy atom. The fourth-order valence-corrected chi connectivity index (χ4v) is 9.60. The van der Waals surface area contributed by atoms with Gasteiger partial charge in [-0.3, -0.25) is 14.2 Å². The number of esters is 2. The van der Waals surface area contributed by atoms with Crippen LogP contribution < -0.4 is 20.8 Å². The number of carbonyl (C=O) groups excluding carboxylic acids is 2. The van der Waals surface area contributed by atoms with Crippen molar-refractivity contribution >= 4 is 42.5 Å². The lowest BCUT2D eigenvalue weighted by atomic mass is 10.1. The summed E-state index contributed by atoms with van der Waals surface area (Å²) in [4.78, 5) is 42.1. The summed E-state index contributed by atoms with van der Waals surface area (Å²) < 4.78 is 45.2. The van der Waals surface area contributed by atoms with Crippen molar-refractivity contribution in [3.05, 3.63) is 78.1 Å². The van der Waals surface area contributed by atoms with Crippen LogP contribution in [0.4, 0.5) is 11.8 Å². The molecule has 18 nitrogen and oxygen atoms in total. The number of rotatable bonds is 17. The van der Waals surface area contributed by atoms with E-state index >= 15 is 4.57 Å². The fraction of sp³-hybridized carbons (Fsp3) is 0.500. The number of hydrogen-bond acceptors (Lipinski definition) is 15. The first kappa shape index (κ1) is 40.7. The molecule has 3 fully saturated rings. The molecule has 4 heterocycles. The van der Waals surface area contributed by atoms with Gasteiger partial charge in [0.2, 0.25) is 5.95 Å². The van der Waals surface area contributed by atoms with Gasteiger partial charge in [-0.15, -0.1) is 0 Å². The molecule has 7 unspecified atom stereocenters. The largest absolute Gasteiger partial charge is 0.465 e. The van der Waals surface area contributed by atoms with Gasteiger partial charge in [-0.2, -0.15) is 9.97 Å². The number of aliphatic hydroxyl groups is 2. The Hall–Kier alpha value is -4.52. The van der Waals surface area contributed by atoms with Crippen LogP contribution in [0.5, 0.6) is 0 Å². The van der Waals surface area contributed by atoms with Crippen molar-refractivity contribution in [3.63, 3.8) is 0 Å². The van der Waals surface area contributed by atoms with E-state index in [2.05, 4.69) is 25.1 Å². The number of imidazole rings is 1. The minimum Gasteiger partial charge on any atom is -0.465 e. The number of benzene rings is 2. The van der Waals surface area contributed by atoms with Crippen molar-refractivity contribution in [2.75, 3.05) is 56.8 Å². The smallest absolute Gasteiger partial charge is 0.342 e. The summed E-state index contributed by atoms with van der Waals surface area (Å²) in [7, 11) is -4.44. The van der Waals surface area contributed by atoms with E-state index in [1.54, 1.807) is 25.3 Å². The van der Waals surface area contributed by atoms with Crippen LogP contribution in [0.25, 0.3) is 11.2 Å². The standard InChI is InChI=1S/C38H49N8O10P/c1-4-53-33(48)26(20-24-12-8-6-9-13-24)43-57(51,44-27(34(49)54-5-2)21-25-14-10-7-11-15-25)55-22-28-30(47)38(50)35(37(38,3)56-28)46-23-40-29-31(41-36(39)42-32(29)46)45-16-18-52-19-17-45/h6-15,23,26-28,30,35,47,50H,4-5,16-22H2,1-3H3,(H2,39,41,42)(H2,43,44,51). The lowest BCUT2D eigenvalue weighted by Gasteiger charge is -2.30. The first-order chi connectivity index (χ1) is 27.4. The predicted octanol–water partition coefficient (Wildman–Crippen LogP) is 1.70. The van der Waals surface area contributed by atoms with E-state index in [1.807, 2.05) is 65.6 Å². The normalized spacial score (nSPS) is 26.3. The van der Waals surface area contributed by atoms with E-state index in [-0.39, 0.29) is 32.0 Å². The maximum Gasteiger partial charge on any atom is 0.342 e. The second-order valence-corrected chi connectivity index (χ2v) is 16.2. The minimum atomic E-state index is -4.44. The summed E-state index contributed by atoms with van der Waals surface area (Å²) in [5.41, 5.74) is 5.24. The van der Waals surface area contributed by atoms with Crippen LogP contribution in [0, 0.1) is 0 Å². The molecule has 7 atom stereocenters. The Bertz CT molecular complexity index is 2020. The van der Waals surface area contributed by atoms with Gasteiger partial charge in [-0.25, -0.2) is 15.2 Å². The van der Waals surface area contributed by atoms with Gasteiger partial charge in [0.25, 0.3) is 0 Å². The maximum atomic E-state index is 15.0. The van der Waals surface area contributed by atoms with Crippen molar-refractivity contribution in [2.24, 2.45) is 0 Å². The minimum absolute atomic E-state index is 0.0129. The SMILES string of the molecule is CCOC(=O)C(Cc1ccccc1)NP(=O)(NC(Cc1ccccc1)C(=O)OCC)OCC1OC2(C)C(n3cnc4c(N5CCOCC5)nc(N)nc43)C2(O)C1O. The molecule has 7 rings (SSSR count). The number of fused-ring (bicyclic) bond motifs is 2. The van der Waals surface area contributed by atoms with Gasteiger partial charge in [0.05, 0.1) is 39.4 Å². The van der Waals surface area contributed by atoms with E-state index in [1.165, 1.54) is 6.33 Å². The van der Waals surface area contributed by atoms with Crippen molar-refractivity contribution in [3.8, 4) is 0 Å². The predicted molar refractivity (Wildman–Crippen MR) is 207 cm³/mol. The van der Waals surface area contributed by atoms with Crippen molar-refractivity contribution in [2.45, 2.75) is 75.1 Å². The summed E-state index contributed by atoms with van der Waals surface area (Å²) in [6.45, 7) is 6.75. The number of nitrogens with zero attached hydrogens (tertiary/aromatic N) is 5. The lowest BCUT2D eigenvalue weighted by Crippen LogP contribution is -2.47. The molecule has 1 saturated carbocycles. The fourth-order valence-electron chi connectivity index (χ4n) is 7.81. The number of carbonyl (C=O) groups is 2. The highest BCUT2D eigenvalue weighted by atomic mass is 31.2. The summed E-state index contributed by atoms with van der Waals surface area (Å²) in [6.07, 6.45) is -1.11. The van der Waals surface area contributed by atoms with Crippen LogP contribution in [0.1, 0.15) is 37.9 Å². The molecule has 306 valence electrons. The first-order valence-corrected chi connectivity index (χ1v) is 20.7. The summed E-state index contributed by atoms with van der Waals surface area (Å²) in [6, 6.07) is 14.9. The van der Waals surface area contributed by atoms with Crippen LogP contribution in [-0.4, -0.2) is 123 Å². The molecule has 0 radical (unpaired) electrons. The molecule has 2 aromatic carbocycles. The Labute approximate surface area is 329 Å². The number of anilines is 2. The van der Waals surface area contributed by atoms with Crippen LogP contribution in [0.3, 0.4) is 0 Å². The van der Waals surface area contributed by atoms with Gasteiger partial charge in [-0.1, -0.05) is 60.7 Å². The zero-order chi connectivity index (χ0) is 40.4. The van der Waals surface area contributed by atoms with Crippen molar-refractivity contribution < 1.29 is 47.8 Å². The number of nitrogens with two attached hydrogens (primary N) is 1. The molecule has 0 amide bonds. The highest BCUT2D eigenvalue weighted by Crippen LogP contribution is 2.68. The quantitative estimate of drug-likeness (QED) is 0.0754. The van der Waals surface area contributed by atoms with E-state index in [0.29, 0.717) is 43.3 Å². The zero-order valence-electron chi connectivity index (χ0n) is 32.0. The maximum absolute atomic E-state index is 15.0. The van der Waals surface area contributed by atoms with E-state index < -0.39 is 67.8 Å². The highest BCUT2D eigenvalue weighted by Gasteiger charge is 2.85. The van der Waals surface area contributed by atoms with Gasteiger partial charge >= 0.3 is 19.6 Å². The Kier molecular flexibility index (Phi) is 12.0. The lowest BCUT2D eigenvalue weighted by molar-refractivity contribution is -0.145.